The fraction of sp³-hybridized carbons (Fsp3) is 0.235. The van der Waals surface area contributed by atoms with E-state index in [2.05, 4.69) is 5.32 Å². The highest BCUT2D eigenvalue weighted by molar-refractivity contribution is 5.87. The summed E-state index contributed by atoms with van der Waals surface area (Å²) < 4.78 is 5.25. The summed E-state index contributed by atoms with van der Waals surface area (Å²) in [5.74, 6) is -0.0577. The Labute approximate surface area is 124 Å². The lowest BCUT2D eigenvalue weighted by Crippen LogP contribution is -2.04. The molecule has 0 heterocycles. The third-order valence-electron chi connectivity index (χ3n) is 3.41. The van der Waals surface area contributed by atoms with Crippen molar-refractivity contribution in [2.45, 2.75) is 20.4 Å². The SMILES string of the molecule is COc1cc(C)c(NCc2ccc(C(=O)O)cc2)c(C)c1. The van der Waals surface area contributed by atoms with Crippen LogP contribution >= 0.6 is 0 Å². The summed E-state index contributed by atoms with van der Waals surface area (Å²) in [5, 5.41) is 12.3. The van der Waals surface area contributed by atoms with Gasteiger partial charge in [0, 0.05) is 12.2 Å². The lowest BCUT2D eigenvalue weighted by molar-refractivity contribution is 0.0697. The molecule has 4 heteroatoms. The van der Waals surface area contributed by atoms with Gasteiger partial charge in [-0.1, -0.05) is 12.1 Å². The van der Waals surface area contributed by atoms with E-state index in [1.807, 2.05) is 38.1 Å². The number of aromatic carboxylic acids is 1. The van der Waals surface area contributed by atoms with Gasteiger partial charge in [-0.25, -0.2) is 4.79 Å². The number of methoxy groups -OCH3 is 1. The first-order valence-electron chi connectivity index (χ1n) is 6.72. The predicted molar refractivity (Wildman–Crippen MR) is 83.2 cm³/mol. The first kappa shape index (κ1) is 14.9. The van der Waals surface area contributed by atoms with Crippen LogP contribution in [0.3, 0.4) is 0 Å². The molecular weight excluding hydrogens is 266 g/mol. The maximum absolute atomic E-state index is 10.8. The van der Waals surface area contributed by atoms with Crippen molar-refractivity contribution in [3.63, 3.8) is 0 Å². The number of hydrogen-bond donors (Lipinski definition) is 2. The lowest BCUT2D eigenvalue weighted by Gasteiger charge is -2.14. The molecule has 0 saturated carbocycles. The Bertz CT molecular complexity index is 625. The summed E-state index contributed by atoms with van der Waals surface area (Å²) in [7, 11) is 1.66. The Balaban J connectivity index is 2.11. The largest absolute Gasteiger partial charge is 0.497 e. The molecule has 0 amide bonds. The van der Waals surface area contributed by atoms with Gasteiger partial charge in [-0.3, -0.25) is 0 Å². The van der Waals surface area contributed by atoms with Crippen LogP contribution in [0.25, 0.3) is 0 Å². The molecule has 0 fully saturated rings. The quantitative estimate of drug-likeness (QED) is 0.881. The van der Waals surface area contributed by atoms with E-state index in [0.29, 0.717) is 12.1 Å². The maximum atomic E-state index is 10.8. The molecule has 2 N–H and O–H groups in total. The molecule has 0 aliphatic heterocycles. The Morgan fingerprint density at radius 3 is 2.19 bits per heavy atom. The molecule has 21 heavy (non-hydrogen) atoms. The van der Waals surface area contributed by atoms with Crippen molar-refractivity contribution < 1.29 is 14.6 Å². The minimum absolute atomic E-state index is 0.301. The molecular formula is C17H19NO3. The van der Waals surface area contributed by atoms with E-state index in [4.69, 9.17) is 9.84 Å². The molecule has 4 nitrogen and oxygen atoms in total. The number of hydrogen-bond acceptors (Lipinski definition) is 3. The summed E-state index contributed by atoms with van der Waals surface area (Å²) in [6.07, 6.45) is 0. The van der Waals surface area contributed by atoms with E-state index in [9.17, 15) is 4.79 Å². The second-order valence-electron chi connectivity index (χ2n) is 4.99. The Hall–Kier alpha value is -2.49. The zero-order valence-corrected chi connectivity index (χ0v) is 12.4. The number of carboxylic acids is 1. The average Bonchev–Trinajstić information content (AvgIpc) is 2.46. The van der Waals surface area contributed by atoms with E-state index in [1.54, 1.807) is 19.2 Å². The van der Waals surface area contributed by atoms with Crippen LogP contribution in [-0.4, -0.2) is 18.2 Å². The normalized spacial score (nSPS) is 10.2. The van der Waals surface area contributed by atoms with Crippen LogP contribution < -0.4 is 10.1 Å². The van der Waals surface area contributed by atoms with Crippen molar-refractivity contribution in [2.24, 2.45) is 0 Å². The lowest BCUT2D eigenvalue weighted by atomic mass is 10.1. The Morgan fingerprint density at radius 1 is 1.14 bits per heavy atom. The zero-order valence-electron chi connectivity index (χ0n) is 12.4. The van der Waals surface area contributed by atoms with Crippen LogP contribution in [-0.2, 0) is 6.54 Å². The summed E-state index contributed by atoms with van der Waals surface area (Å²) in [5.41, 5.74) is 4.66. The number of aryl methyl sites for hydroxylation is 2. The monoisotopic (exact) mass is 285 g/mol. The van der Waals surface area contributed by atoms with Crippen LogP contribution in [0, 0.1) is 13.8 Å². The van der Waals surface area contributed by atoms with Crippen molar-refractivity contribution in [3.05, 3.63) is 58.7 Å². The van der Waals surface area contributed by atoms with Crippen molar-refractivity contribution in [2.75, 3.05) is 12.4 Å². The van der Waals surface area contributed by atoms with Crippen LogP contribution in [0.1, 0.15) is 27.0 Å². The molecule has 2 rings (SSSR count). The molecule has 0 unspecified atom stereocenters. The number of nitrogens with one attached hydrogen (secondary N) is 1. The van der Waals surface area contributed by atoms with Gasteiger partial charge in [0.2, 0.25) is 0 Å². The minimum Gasteiger partial charge on any atom is -0.497 e. The molecule has 0 saturated heterocycles. The van der Waals surface area contributed by atoms with Crippen molar-refractivity contribution in [1.29, 1.82) is 0 Å². The molecule has 0 aromatic heterocycles. The zero-order chi connectivity index (χ0) is 15.4. The topological polar surface area (TPSA) is 58.6 Å². The minimum atomic E-state index is -0.906. The molecule has 110 valence electrons. The highest BCUT2D eigenvalue weighted by Crippen LogP contribution is 2.26. The van der Waals surface area contributed by atoms with E-state index in [0.717, 1.165) is 28.1 Å². The summed E-state index contributed by atoms with van der Waals surface area (Å²) in [4.78, 5) is 10.8. The van der Waals surface area contributed by atoms with Crippen LogP contribution in [0.4, 0.5) is 5.69 Å². The number of benzene rings is 2. The summed E-state index contributed by atoms with van der Waals surface area (Å²) in [6.45, 7) is 4.71. The number of carbonyl (C=O) groups is 1. The number of carboxylic acid groups (broad SMARTS) is 1. The van der Waals surface area contributed by atoms with Gasteiger partial charge in [-0.2, -0.15) is 0 Å². The fourth-order valence-corrected chi connectivity index (χ4v) is 2.28. The number of anilines is 1. The molecule has 0 bridgehead atoms. The molecule has 0 spiro atoms. The van der Waals surface area contributed by atoms with Crippen molar-refractivity contribution in [3.8, 4) is 5.75 Å². The second kappa shape index (κ2) is 6.31. The number of rotatable bonds is 5. The first-order valence-corrected chi connectivity index (χ1v) is 6.72. The number of ether oxygens (including phenoxy) is 1. The second-order valence-corrected chi connectivity index (χ2v) is 4.99. The smallest absolute Gasteiger partial charge is 0.335 e. The van der Waals surface area contributed by atoms with E-state index < -0.39 is 5.97 Å². The van der Waals surface area contributed by atoms with Gasteiger partial charge in [0.15, 0.2) is 0 Å². The predicted octanol–water partition coefficient (Wildman–Crippen LogP) is 3.62. The van der Waals surface area contributed by atoms with Gasteiger partial charge < -0.3 is 15.2 Å². The van der Waals surface area contributed by atoms with Crippen LogP contribution in [0.5, 0.6) is 5.75 Å². The van der Waals surface area contributed by atoms with Crippen molar-refractivity contribution in [1.82, 2.24) is 0 Å². The van der Waals surface area contributed by atoms with Gasteiger partial charge in [-0.05, 0) is 54.8 Å². The average molecular weight is 285 g/mol. The standard InChI is InChI=1S/C17H19NO3/c1-11-8-15(21-3)9-12(2)16(11)18-10-13-4-6-14(7-5-13)17(19)20/h4-9,18H,10H2,1-3H3,(H,19,20). The maximum Gasteiger partial charge on any atom is 0.335 e. The van der Waals surface area contributed by atoms with E-state index in [1.165, 1.54) is 0 Å². The van der Waals surface area contributed by atoms with Crippen molar-refractivity contribution >= 4 is 11.7 Å². The summed E-state index contributed by atoms with van der Waals surface area (Å²) in [6, 6.07) is 10.9. The first-order chi connectivity index (χ1) is 10.0. The van der Waals surface area contributed by atoms with Gasteiger partial charge in [0.25, 0.3) is 0 Å². The van der Waals surface area contributed by atoms with Crippen LogP contribution in [0.2, 0.25) is 0 Å². The summed E-state index contributed by atoms with van der Waals surface area (Å²) >= 11 is 0. The molecule has 0 aliphatic rings. The molecule has 0 atom stereocenters. The molecule has 0 aliphatic carbocycles. The highest BCUT2D eigenvalue weighted by Gasteiger charge is 2.06. The van der Waals surface area contributed by atoms with Gasteiger partial charge >= 0.3 is 5.97 Å². The highest BCUT2D eigenvalue weighted by atomic mass is 16.5. The Morgan fingerprint density at radius 2 is 1.71 bits per heavy atom. The van der Waals surface area contributed by atoms with Crippen LogP contribution in [0.15, 0.2) is 36.4 Å². The molecule has 2 aromatic rings. The van der Waals surface area contributed by atoms with E-state index >= 15 is 0 Å². The van der Waals surface area contributed by atoms with Gasteiger partial charge in [-0.15, -0.1) is 0 Å². The van der Waals surface area contributed by atoms with Gasteiger partial charge in [0.05, 0.1) is 12.7 Å². The Kier molecular flexibility index (Phi) is 4.48. The third kappa shape index (κ3) is 3.54. The van der Waals surface area contributed by atoms with Gasteiger partial charge in [0.1, 0.15) is 5.75 Å². The van der Waals surface area contributed by atoms with E-state index in [-0.39, 0.29) is 0 Å². The molecule has 2 aromatic carbocycles. The fourth-order valence-electron chi connectivity index (χ4n) is 2.28. The molecule has 0 radical (unpaired) electrons. The third-order valence-corrected chi connectivity index (χ3v) is 3.41.